The summed E-state index contributed by atoms with van der Waals surface area (Å²) in [5.74, 6) is 0.0302. The number of amides is 1. The van der Waals surface area contributed by atoms with Crippen LogP contribution in [-0.2, 0) is 16.2 Å². The van der Waals surface area contributed by atoms with Crippen molar-refractivity contribution in [3.05, 3.63) is 66.3 Å². The summed E-state index contributed by atoms with van der Waals surface area (Å²) in [7, 11) is 0. The van der Waals surface area contributed by atoms with Gasteiger partial charge in [-0.25, -0.2) is 4.39 Å². The second kappa shape index (κ2) is 11.6. The van der Waals surface area contributed by atoms with Crippen molar-refractivity contribution in [3.63, 3.8) is 0 Å². The van der Waals surface area contributed by atoms with Gasteiger partial charge in [-0.3, -0.25) is 9.59 Å². The van der Waals surface area contributed by atoms with E-state index in [0.717, 1.165) is 36.0 Å². The molecule has 0 spiro atoms. The van der Waals surface area contributed by atoms with E-state index < -0.39 is 5.82 Å². The smallest absolute Gasteiger partial charge is 0.290 e. The predicted octanol–water partition coefficient (Wildman–Crippen LogP) is 7.03. The summed E-state index contributed by atoms with van der Waals surface area (Å²) in [5, 5.41) is 10.1. The van der Waals surface area contributed by atoms with E-state index in [2.05, 4.69) is 37.2 Å². The quantitative estimate of drug-likeness (QED) is 0.374. The molecule has 0 heterocycles. The third-order valence-electron chi connectivity index (χ3n) is 4.67. The lowest BCUT2D eigenvalue weighted by Gasteiger charge is -2.15. The van der Waals surface area contributed by atoms with Gasteiger partial charge in [0.05, 0.1) is 14.0 Å². The van der Waals surface area contributed by atoms with Crippen LogP contribution in [0, 0.1) is 12.7 Å². The molecule has 0 radical (unpaired) electrons. The first-order chi connectivity index (χ1) is 14.7. The summed E-state index contributed by atoms with van der Waals surface area (Å²) < 4.78 is 21.2. The Morgan fingerprint density at radius 1 is 1.23 bits per heavy atom. The molecule has 1 aliphatic rings. The molecule has 0 bridgehead atoms. The highest BCUT2D eigenvalue weighted by Gasteiger charge is 2.19. The van der Waals surface area contributed by atoms with Crippen LogP contribution in [0.2, 0.25) is 5.02 Å². The van der Waals surface area contributed by atoms with Gasteiger partial charge < -0.3 is 15.2 Å². The third kappa shape index (κ3) is 6.79. The van der Waals surface area contributed by atoms with Crippen molar-refractivity contribution in [2.75, 3.05) is 5.32 Å². The lowest BCUT2D eigenvalue weighted by molar-refractivity contribution is -0.122. The Bertz CT molecular complexity index is 981. The topological polar surface area (TPSA) is 75.6 Å². The monoisotopic (exact) mass is 575 g/mol. The first kappa shape index (κ1) is 25.4. The van der Waals surface area contributed by atoms with Crippen molar-refractivity contribution in [2.45, 2.75) is 39.7 Å². The average Bonchev–Trinajstić information content (AvgIpc) is 3.09. The van der Waals surface area contributed by atoms with E-state index in [-0.39, 0.29) is 19.0 Å². The van der Waals surface area contributed by atoms with Crippen LogP contribution in [0.3, 0.4) is 0 Å². The van der Waals surface area contributed by atoms with E-state index >= 15 is 0 Å². The molecule has 2 aromatic rings. The van der Waals surface area contributed by atoms with E-state index in [1.54, 1.807) is 25.1 Å². The Kier molecular flexibility index (Phi) is 9.53. The number of anilines is 1. The minimum absolute atomic E-state index is 0.0140. The number of hydrogen-bond donors (Lipinski definition) is 2. The number of rotatable bonds is 5. The fraction of sp³-hybridized carbons (Fsp3) is 0.273. The van der Waals surface area contributed by atoms with E-state index in [4.69, 9.17) is 26.2 Å². The van der Waals surface area contributed by atoms with Gasteiger partial charge >= 0.3 is 0 Å². The van der Waals surface area contributed by atoms with E-state index in [1.807, 2.05) is 6.92 Å². The molecule has 1 amide bonds. The summed E-state index contributed by atoms with van der Waals surface area (Å²) in [6.45, 7) is 3.52. The van der Waals surface area contributed by atoms with Gasteiger partial charge in [0, 0.05) is 16.8 Å². The minimum Gasteiger partial charge on any atom is -0.486 e. The number of hydrogen-bond acceptors (Lipinski definition) is 3. The molecule has 9 heteroatoms. The molecular weight excluding hydrogens is 557 g/mol. The fourth-order valence-electron chi connectivity index (χ4n) is 3.19. The number of carbonyl (C=O) groups excluding carboxylic acids is 1. The van der Waals surface area contributed by atoms with Gasteiger partial charge in [-0.1, -0.05) is 17.2 Å². The number of carboxylic acid groups (broad SMARTS) is 1. The summed E-state index contributed by atoms with van der Waals surface area (Å²) in [5.41, 5.74) is 3.70. The Balaban J connectivity index is 0.00000107. The van der Waals surface area contributed by atoms with Crippen molar-refractivity contribution < 1.29 is 23.8 Å². The van der Waals surface area contributed by atoms with Crippen LogP contribution in [-0.4, -0.2) is 17.5 Å². The molecule has 0 atom stereocenters. The zero-order valence-corrected chi connectivity index (χ0v) is 20.8. The predicted molar refractivity (Wildman–Crippen MR) is 126 cm³/mol. The van der Waals surface area contributed by atoms with Gasteiger partial charge in [0.15, 0.2) is 0 Å². The van der Waals surface area contributed by atoms with Gasteiger partial charge in [-0.15, -0.1) is 0 Å². The lowest BCUT2D eigenvalue weighted by Crippen LogP contribution is -2.14. The van der Waals surface area contributed by atoms with Crippen LogP contribution in [0.25, 0.3) is 0 Å². The normalized spacial score (nSPS) is 12.8. The number of aryl methyl sites for hydroxylation is 1. The van der Waals surface area contributed by atoms with Crippen LogP contribution >= 0.6 is 43.5 Å². The van der Waals surface area contributed by atoms with E-state index in [9.17, 15) is 9.18 Å². The van der Waals surface area contributed by atoms with Crippen LogP contribution in [0.4, 0.5) is 10.1 Å². The maximum absolute atomic E-state index is 14.2. The third-order valence-corrected chi connectivity index (χ3v) is 6.19. The summed E-state index contributed by atoms with van der Waals surface area (Å²) in [4.78, 5) is 20.8. The molecule has 0 saturated heterocycles. The van der Waals surface area contributed by atoms with Crippen molar-refractivity contribution in [2.24, 2.45) is 0 Å². The molecule has 0 aliphatic heterocycles. The second-order valence-corrected chi connectivity index (χ2v) is 9.05. The molecule has 3 rings (SSSR count). The average molecular weight is 578 g/mol. The minimum atomic E-state index is -0.402. The van der Waals surface area contributed by atoms with Crippen molar-refractivity contribution in [3.8, 4) is 5.75 Å². The molecule has 0 aromatic heterocycles. The summed E-state index contributed by atoms with van der Waals surface area (Å²) in [6, 6.07) is 6.64. The molecule has 0 fully saturated rings. The van der Waals surface area contributed by atoms with Crippen molar-refractivity contribution in [1.82, 2.24) is 0 Å². The molecular formula is C22H21Br2ClFNO4. The van der Waals surface area contributed by atoms with Crippen LogP contribution < -0.4 is 10.1 Å². The number of halogens is 4. The number of carbonyl (C=O) groups is 2. The molecule has 0 unspecified atom stereocenters. The van der Waals surface area contributed by atoms with Crippen LogP contribution in [0.1, 0.15) is 37.3 Å². The highest BCUT2D eigenvalue weighted by Crippen LogP contribution is 2.38. The number of allylic oxidation sites excluding steroid dienone is 1. The Morgan fingerprint density at radius 3 is 2.35 bits per heavy atom. The number of ether oxygens (including phenoxy) is 1. The second-order valence-electron chi connectivity index (χ2n) is 6.94. The molecule has 2 N–H and O–H groups in total. The van der Waals surface area contributed by atoms with Crippen LogP contribution in [0.15, 0.2) is 44.4 Å². The highest BCUT2D eigenvalue weighted by molar-refractivity contribution is 9.11. The SMILES string of the molecule is CC1=C(C(=O)Nc2cc(Br)c(OCc3c(F)cc(C)cc3Cl)c(Br)c2)CCC1.O=CO. The van der Waals surface area contributed by atoms with Gasteiger partial charge in [0.2, 0.25) is 0 Å². The Labute approximate surface area is 201 Å². The largest absolute Gasteiger partial charge is 0.486 e. The van der Waals surface area contributed by atoms with E-state index in [1.165, 1.54) is 6.07 Å². The van der Waals surface area contributed by atoms with Crippen LogP contribution in [0.5, 0.6) is 5.75 Å². The standard InChI is InChI=1S/C21H19Br2ClFNO2.CH2O2/c1-11-6-18(24)15(19(25)7-11)10-28-20-16(22)8-13(9-17(20)23)26-21(27)14-5-3-4-12(14)2;2-1-3/h6-9H,3-5,10H2,1-2H3,(H,26,27);1H,(H,2,3). The van der Waals surface area contributed by atoms with Gasteiger partial charge in [-0.05, 0) is 94.8 Å². The molecule has 5 nitrogen and oxygen atoms in total. The lowest BCUT2D eigenvalue weighted by atomic mass is 10.1. The van der Waals surface area contributed by atoms with Crippen molar-refractivity contribution in [1.29, 1.82) is 0 Å². The Morgan fingerprint density at radius 2 is 1.84 bits per heavy atom. The highest BCUT2D eigenvalue weighted by atomic mass is 79.9. The maximum atomic E-state index is 14.2. The van der Waals surface area contributed by atoms with Crippen molar-refractivity contribution >= 4 is 61.5 Å². The first-order valence-electron chi connectivity index (χ1n) is 9.32. The molecule has 1 aliphatic carbocycles. The van der Waals surface area contributed by atoms with Gasteiger partial charge in [-0.2, -0.15) is 0 Å². The summed E-state index contributed by atoms with van der Waals surface area (Å²) in [6.07, 6.45) is 2.80. The summed E-state index contributed by atoms with van der Waals surface area (Å²) >= 11 is 13.1. The Hall–Kier alpha value is -1.90. The van der Waals surface area contributed by atoms with Gasteiger partial charge in [0.25, 0.3) is 12.4 Å². The molecule has 0 saturated carbocycles. The first-order valence-corrected chi connectivity index (χ1v) is 11.3. The maximum Gasteiger partial charge on any atom is 0.290 e. The van der Waals surface area contributed by atoms with E-state index in [0.29, 0.717) is 31.0 Å². The molecule has 31 heavy (non-hydrogen) atoms. The number of benzene rings is 2. The molecule has 2 aromatic carbocycles. The van der Waals surface area contributed by atoms with Gasteiger partial charge in [0.1, 0.15) is 18.2 Å². The zero-order chi connectivity index (χ0) is 23.1. The molecule has 166 valence electrons. The fourth-order valence-corrected chi connectivity index (χ4v) is 4.92. The zero-order valence-electron chi connectivity index (χ0n) is 16.9. The number of nitrogens with one attached hydrogen (secondary N) is 1.